The zero-order valence-corrected chi connectivity index (χ0v) is 19.3. The summed E-state index contributed by atoms with van der Waals surface area (Å²) < 4.78 is 43.3. The lowest BCUT2D eigenvalue weighted by molar-refractivity contribution is -0.137. The second-order valence-electron chi connectivity index (χ2n) is 8.04. The van der Waals surface area contributed by atoms with Crippen molar-refractivity contribution >= 4 is 34.4 Å². The van der Waals surface area contributed by atoms with E-state index in [-0.39, 0.29) is 17.7 Å². The molecule has 1 aliphatic heterocycles. The van der Waals surface area contributed by atoms with Gasteiger partial charge in [0.1, 0.15) is 5.56 Å². The third kappa shape index (κ3) is 5.25. The second kappa shape index (κ2) is 9.50. The van der Waals surface area contributed by atoms with Crippen molar-refractivity contribution in [2.75, 3.05) is 36.6 Å². The van der Waals surface area contributed by atoms with E-state index in [4.69, 9.17) is 0 Å². The second-order valence-corrected chi connectivity index (χ2v) is 9.93. The largest absolute Gasteiger partial charge is 0.420 e. The molecule has 0 radical (unpaired) electrons. The van der Waals surface area contributed by atoms with Crippen LogP contribution in [0.25, 0.3) is 10.6 Å². The number of nitrogens with zero attached hydrogens (tertiary/aromatic N) is 5. The Morgan fingerprint density at radius 3 is 2.48 bits per heavy atom. The van der Waals surface area contributed by atoms with Crippen molar-refractivity contribution in [1.82, 2.24) is 19.3 Å². The molecule has 1 saturated heterocycles. The van der Waals surface area contributed by atoms with Crippen molar-refractivity contribution in [1.29, 1.82) is 0 Å². The van der Waals surface area contributed by atoms with Crippen molar-refractivity contribution in [3.8, 4) is 10.6 Å². The van der Waals surface area contributed by atoms with Gasteiger partial charge >= 0.3 is 6.18 Å². The number of nitrogens with one attached hydrogen (secondary N) is 1. The molecule has 0 spiro atoms. The van der Waals surface area contributed by atoms with Gasteiger partial charge in [-0.3, -0.25) is 4.31 Å². The van der Waals surface area contributed by atoms with Crippen LogP contribution in [0.3, 0.4) is 0 Å². The Morgan fingerprint density at radius 2 is 1.84 bits per heavy atom. The molecule has 1 N–H and O–H groups in total. The van der Waals surface area contributed by atoms with E-state index in [2.05, 4.69) is 29.5 Å². The van der Waals surface area contributed by atoms with Gasteiger partial charge in [-0.1, -0.05) is 36.1 Å². The first-order valence-corrected chi connectivity index (χ1v) is 12.5. The standard InChI is InChI=1S/C20H27F3N6S2/c1-28(14-5-3-4-6-14)19-25-12-16(31-19)17-15(20(21,22)23)11-24-18(27-17)26-13-7-9-29(30-2)10-8-13/h11-14H,3-10H2,1-2H3,(H,24,26,27). The van der Waals surface area contributed by atoms with Gasteiger partial charge in [0, 0.05) is 44.6 Å². The van der Waals surface area contributed by atoms with Crippen LogP contribution in [-0.4, -0.2) is 57.7 Å². The molecule has 0 atom stereocenters. The van der Waals surface area contributed by atoms with Gasteiger partial charge in [-0.05, 0) is 31.9 Å². The molecule has 11 heteroatoms. The first-order chi connectivity index (χ1) is 14.8. The summed E-state index contributed by atoms with van der Waals surface area (Å²) in [6.45, 7) is 1.86. The Hall–Kier alpha value is -1.59. The molecule has 3 heterocycles. The van der Waals surface area contributed by atoms with E-state index in [1.807, 2.05) is 13.3 Å². The number of hydrogen-bond acceptors (Lipinski definition) is 8. The summed E-state index contributed by atoms with van der Waals surface area (Å²) in [7, 11) is 1.97. The Bertz CT molecular complexity index is 876. The van der Waals surface area contributed by atoms with E-state index in [0.29, 0.717) is 10.9 Å². The van der Waals surface area contributed by atoms with Crippen LogP contribution in [0.1, 0.15) is 44.1 Å². The van der Waals surface area contributed by atoms with Gasteiger partial charge in [0.15, 0.2) is 5.13 Å². The average Bonchev–Trinajstić information content (AvgIpc) is 3.45. The zero-order chi connectivity index (χ0) is 22.0. The zero-order valence-electron chi connectivity index (χ0n) is 17.7. The predicted octanol–water partition coefficient (Wildman–Crippen LogP) is 5.15. The fourth-order valence-electron chi connectivity index (χ4n) is 4.20. The molecule has 6 nitrogen and oxygen atoms in total. The van der Waals surface area contributed by atoms with E-state index >= 15 is 0 Å². The molecule has 0 unspecified atom stereocenters. The highest BCUT2D eigenvalue weighted by Gasteiger charge is 2.36. The molecule has 4 rings (SSSR count). The lowest BCUT2D eigenvalue weighted by Gasteiger charge is -2.30. The molecule has 0 aromatic carbocycles. The predicted molar refractivity (Wildman–Crippen MR) is 121 cm³/mol. The van der Waals surface area contributed by atoms with Crippen LogP contribution in [0.15, 0.2) is 12.4 Å². The molecule has 2 aromatic heterocycles. The number of piperidine rings is 1. The molecule has 0 bridgehead atoms. The summed E-state index contributed by atoms with van der Waals surface area (Å²) in [4.78, 5) is 15.2. The smallest absolute Gasteiger partial charge is 0.351 e. The van der Waals surface area contributed by atoms with Gasteiger partial charge in [-0.25, -0.2) is 15.0 Å². The summed E-state index contributed by atoms with van der Waals surface area (Å²) in [6.07, 6.45) is 6.27. The lowest BCUT2D eigenvalue weighted by atomic mass is 10.1. The molecule has 2 fully saturated rings. The van der Waals surface area contributed by atoms with Crippen LogP contribution < -0.4 is 10.2 Å². The van der Waals surface area contributed by atoms with Crippen LogP contribution in [0.5, 0.6) is 0 Å². The summed E-state index contributed by atoms with van der Waals surface area (Å²) in [6, 6.07) is 0.550. The van der Waals surface area contributed by atoms with E-state index in [1.165, 1.54) is 30.4 Å². The van der Waals surface area contributed by atoms with Gasteiger partial charge in [-0.2, -0.15) is 13.2 Å². The number of alkyl halides is 3. The topological polar surface area (TPSA) is 57.2 Å². The molecule has 2 aliphatic rings. The fraction of sp³-hybridized carbons (Fsp3) is 0.650. The van der Waals surface area contributed by atoms with Gasteiger partial charge < -0.3 is 10.2 Å². The van der Waals surface area contributed by atoms with Crippen LogP contribution in [0.2, 0.25) is 0 Å². The summed E-state index contributed by atoms with van der Waals surface area (Å²) in [5.41, 5.74) is -0.927. The van der Waals surface area contributed by atoms with Gasteiger partial charge in [-0.15, -0.1) is 0 Å². The molecule has 2 aromatic rings. The van der Waals surface area contributed by atoms with Gasteiger partial charge in [0.05, 0.1) is 10.6 Å². The SMILES string of the molecule is CSN1CCC(Nc2ncc(C(F)(F)F)c(-c3cnc(N(C)C4CCCC4)s3)n2)CC1. The van der Waals surface area contributed by atoms with Gasteiger partial charge in [0.2, 0.25) is 5.95 Å². The molecule has 170 valence electrons. The van der Waals surface area contributed by atoms with Crippen LogP contribution >= 0.6 is 23.3 Å². The van der Waals surface area contributed by atoms with Crippen molar-refractivity contribution in [2.24, 2.45) is 0 Å². The summed E-state index contributed by atoms with van der Waals surface area (Å²) >= 11 is 2.97. The molecular formula is C20H27F3N6S2. The maximum atomic E-state index is 13.7. The average molecular weight is 473 g/mol. The third-order valence-corrected chi connectivity index (χ3v) is 8.02. The quantitative estimate of drug-likeness (QED) is 0.584. The Balaban J connectivity index is 1.57. The number of thiazole rings is 1. The minimum atomic E-state index is -4.53. The van der Waals surface area contributed by atoms with Crippen LogP contribution in [0, 0.1) is 0 Å². The maximum Gasteiger partial charge on any atom is 0.420 e. The number of hydrogen-bond donors (Lipinski definition) is 1. The van der Waals surface area contributed by atoms with E-state index in [0.717, 1.165) is 50.1 Å². The van der Waals surface area contributed by atoms with Crippen LogP contribution in [0.4, 0.5) is 24.3 Å². The minimum Gasteiger partial charge on any atom is -0.351 e. The molecule has 0 amide bonds. The third-order valence-electron chi connectivity index (χ3n) is 6.04. The normalized spacial score (nSPS) is 19.1. The highest BCUT2D eigenvalue weighted by molar-refractivity contribution is 7.96. The lowest BCUT2D eigenvalue weighted by Crippen LogP contribution is -2.35. The Kier molecular flexibility index (Phi) is 6.92. The van der Waals surface area contributed by atoms with Crippen molar-refractivity contribution in [2.45, 2.75) is 56.8 Å². The fourth-order valence-corrected chi connectivity index (χ4v) is 5.73. The van der Waals surface area contributed by atoms with Gasteiger partial charge in [0.25, 0.3) is 0 Å². The summed E-state index contributed by atoms with van der Waals surface area (Å²) in [5.74, 6) is 0.240. The van der Waals surface area contributed by atoms with Crippen molar-refractivity contribution in [3.63, 3.8) is 0 Å². The number of anilines is 2. The van der Waals surface area contributed by atoms with Crippen LogP contribution in [-0.2, 0) is 6.18 Å². The molecular weight excluding hydrogens is 445 g/mol. The molecule has 1 saturated carbocycles. The summed E-state index contributed by atoms with van der Waals surface area (Å²) in [5, 5.41) is 3.97. The Labute approximate surface area is 188 Å². The molecule has 31 heavy (non-hydrogen) atoms. The monoisotopic (exact) mass is 472 g/mol. The minimum absolute atomic E-state index is 0.102. The van der Waals surface area contributed by atoms with E-state index in [1.54, 1.807) is 11.9 Å². The number of aromatic nitrogens is 3. The van der Waals surface area contributed by atoms with E-state index < -0.39 is 11.7 Å². The first-order valence-electron chi connectivity index (χ1n) is 10.5. The Morgan fingerprint density at radius 1 is 1.13 bits per heavy atom. The molecule has 1 aliphatic carbocycles. The van der Waals surface area contributed by atoms with E-state index in [9.17, 15) is 13.2 Å². The highest BCUT2D eigenvalue weighted by atomic mass is 32.2. The number of halogens is 3. The highest BCUT2D eigenvalue weighted by Crippen LogP contribution is 2.40. The number of rotatable bonds is 6. The first kappa shape index (κ1) is 22.6. The maximum absolute atomic E-state index is 13.7. The van der Waals surface area contributed by atoms with Crippen molar-refractivity contribution in [3.05, 3.63) is 18.0 Å². The van der Waals surface area contributed by atoms with Crippen molar-refractivity contribution < 1.29 is 13.2 Å².